The van der Waals surface area contributed by atoms with Crippen LogP contribution in [0, 0.1) is 23.1 Å². The summed E-state index contributed by atoms with van der Waals surface area (Å²) in [6, 6.07) is 6.50. The van der Waals surface area contributed by atoms with E-state index in [0.717, 1.165) is 13.1 Å². The molecule has 1 saturated heterocycles. The predicted octanol–water partition coefficient (Wildman–Crippen LogP) is 3.23. The topological polar surface area (TPSA) is 39.1 Å². The van der Waals surface area contributed by atoms with Crippen LogP contribution in [-0.2, 0) is 0 Å². The number of hydrogen-bond acceptors (Lipinski definition) is 3. The van der Waals surface area contributed by atoms with Crippen molar-refractivity contribution in [2.24, 2.45) is 5.92 Å². The maximum Gasteiger partial charge on any atom is 0.147 e. The molecule has 1 unspecified atom stereocenters. The summed E-state index contributed by atoms with van der Waals surface area (Å²) in [4.78, 5) is 2.49. The molecule has 1 heterocycles. The van der Waals surface area contributed by atoms with Crippen molar-refractivity contribution in [3.8, 4) is 6.07 Å². The van der Waals surface area contributed by atoms with E-state index in [4.69, 9.17) is 5.26 Å². The number of nitriles is 1. The lowest BCUT2D eigenvalue weighted by Crippen LogP contribution is -2.35. The van der Waals surface area contributed by atoms with Crippen molar-refractivity contribution in [1.82, 2.24) is 4.90 Å². The van der Waals surface area contributed by atoms with Gasteiger partial charge in [0.15, 0.2) is 0 Å². The molecule has 0 saturated carbocycles. The lowest BCUT2D eigenvalue weighted by atomic mass is 10.1. The number of likely N-dealkylation sites (tertiary alicyclic amines) is 1. The Kier molecular flexibility index (Phi) is 5.37. The number of piperidine rings is 1. The highest BCUT2D eigenvalue weighted by molar-refractivity contribution is 5.48. The highest BCUT2D eigenvalue weighted by atomic mass is 19.1. The number of hydrogen-bond donors (Lipinski definition) is 1. The summed E-state index contributed by atoms with van der Waals surface area (Å²) in [5, 5.41) is 11.9. The Morgan fingerprint density at radius 3 is 2.75 bits per heavy atom. The van der Waals surface area contributed by atoms with Crippen LogP contribution >= 0.6 is 0 Å². The van der Waals surface area contributed by atoms with E-state index in [0.29, 0.717) is 17.2 Å². The minimum absolute atomic E-state index is 0.353. The second-order valence-corrected chi connectivity index (χ2v) is 5.65. The number of halogens is 1. The zero-order valence-electron chi connectivity index (χ0n) is 12.0. The average Bonchev–Trinajstić information content (AvgIpc) is 2.47. The van der Waals surface area contributed by atoms with Gasteiger partial charge in [-0.1, -0.05) is 13.3 Å². The van der Waals surface area contributed by atoms with Crippen molar-refractivity contribution in [2.45, 2.75) is 26.2 Å². The van der Waals surface area contributed by atoms with E-state index in [9.17, 15) is 4.39 Å². The third-order valence-corrected chi connectivity index (χ3v) is 3.76. The first-order valence-electron chi connectivity index (χ1n) is 7.35. The molecule has 108 valence electrons. The SMILES string of the molecule is CC(CNc1ccc(C#N)cc1F)CN1CCCCC1. The first kappa shape index (κ1) is 14.8. The molecule has 4 heteroatoms. The Bertz CT molecular complexity index is 475. The number of nitrogens with one attached hydrogen (secondary N) is 1. The van der Waals surface area contributed by atoms with Gasteiger partial charge in [-0.2, -0.15) is 5.26 Å². The highest BCUT2D eigenvalue weighted by Gasteiger charge is 2.13. The number of rotatable bonds is 5. The lowest BCUT2D eigenvalue weighted by molar-refractivity contribution is 0.204. The van der Waals surface area contributed by atoms with E-state index in [1.54, 1.807) is 12.1 Å². The summed E-state index contributed by atoms with van der Waals surface area (Å²) in [7, 11) is 0. The third kappa shape index (κ3) is 4.21. The van der Waals surface area contributed by atoms with Gasteiger partial charge in [-0.15, -0.1) is 0 Å². The number of benzene rings is 1. The maximum atomic E-state index is 13.7. The molecule has 1 fully saturated rings. The molecule has 1 aliphatic heterocycles. The van der Waals surface area contributed by atoms with Crippen molar-refractivity contribution in [2.75, 3.05) is 31.5 Å². The van der Waals surface area contributed by atoms with Crippen LogP contribution in [0.4, 0.5) is 10.1 Å². The predicted molar refractivity (Wildman–Crippen MR) is 79.1 cm³/mol. The molecule has 1 atom stereocenters. The normalized spacial score (nSPS) is 17.4. The van der Waals surface area contributed by atoms with Gasteiger partial charge in [0.25, 0.3) is 0 Å². The quantitative estimate of drug-likeness (QED) is 0.896. The molecule has 3 nitrogen and oxygen atoms in total. The Balaban J connectivity index is 1.80. The Morgan fingerprint density at radius 2 is 2.10 bits per heavy atom. The fourth-order valence-electron chi connectivity index (χ4n) is 2.66. The Morgan fingerprint density at radius 1 is 1.35 bits per heavy atom. The lowest BCUT2D eigenvalue weighted by Gasteiger charge is -2.29. The fraction of sp³-hybridized carbons (Fsp3) is 0.562. The van der Waals surface area contributed by atoms with Gasteiger partial charge in [0.2, 0.25) is 0 Å². The average molecular weight is 275 g/mol. The Hall–Kier alpha value is -1.60. The van der Waals surface area contributed by atoms with Crippen LogP contribution in [0.2, 0.25) is 0 Å². The van der Waals surface area contributed by atoms with Gasteiger partial charge in [-0.25, -0.2) is 4.39 Å². The zero-order chi connectivity index (χ0) is 14.4. The van der Waals surface area contributed by atoms with E-state index in [-0.39, 0.29) is 5.82 Å². The van der Waals surface area contributed by atoms with Gasteiger partial charge in [0.05, 0.1) is 17.3 Å². The van der Waals surface area contributed by atoms with Crippen molar-refractivity contribution < 1.29 is 4.39 Å². The van der Waals surface area contributed by atoms with Crippen molar-refractivity contribution in [1.29, 1.82) is 5.26 Å². The van der Waals surface area contributed by atoms with E-state index in [1.807, 2.05) is 6.07 Å². The fourth-order valence-corrected chi connectivity index (χ4v) is 2.66. The van der Waals surface area contributed by atoms with Crippen molar-refractivity contribution in [3.05, 3.63) is 29.6 Å². The zero-order valence-corrected chi connectivity index (χ0v) is 12.0. The van der Waals surface area contributed by atoms with Crippen molar-refractivity contribution in [3.63, 3.8) is 0 Å². The largest absolute Gasteiger partial charge is 0.382 e. The first-order valence-corrected chi connectivity index (χ1v) is 7.35. The molecule has 0 amide bonds. The maximum absolute atomic E-state index is 13.7. The van der Waals surface area contributed by atoms with Crippen LogP contribution in [0.3, 0.4) is 0 Å². The monoisotopic (exact) mass is 275 g/mol. The summed E-state index contributed by atoms with van der Waals surface area (Å²) in [5.74, 6) is 0.123. The molecule has 20 heavy (non-hydrogen) atoms. The molecule has 0 aliphatic carbocycles. The molecule has 1 aromatic carbocycles. The van der Waals surface area contributed by atoms with Crippen LogP contribution in [-0.4, -0.2) is 31.1 Å². The molecule has 0 spiro atoms. The van der Waals surface area contributed by atoms with Gasteiger partial charge < -0.3 is 10.2 Å². The van der Waals surface area contributed by atoms with Crippen LogP contribution in [0.15, 0.2) is 18.2 Å². The molecule has 1 N–H and O–H groups in total. The minimum atomic E-state index is -0.353. The number of nitrogens with zero attached hydrogens (tertiary/aromatic N) is 2. The second-order valence-electron chi connectivity index (χ2n) is 5.65. The summed E-state index contributed by atoms with van der Waals surface area (Å²) in [6.45, 7) is 6.37. The van der Waals surface area contributed by atoms with E-state index in [2.05, 4.69) is 17.1 Å². The summed E-state index contributed by atoms with van der Waals surface area (Å²) in [6.07, 6.45) is 3.94. The molecular weight excluding hydrogens is 253 g/mol. The smallest absolute Gasteiger partial charge is 0.147 e. The molecule has 0 aromatic heterocycles. The standard InChI is InChI=1S/C16H22FN3/c1-13(12-20-7-3-2-4-8-20)11-19-16-6-5-14(10-18)9-15(16)17/h5-6,9,13,19H,2-4,7-8,11-12H2,1H3. The number of anilines is 1. The van der Waals surface area contributed by atoms with Crippen LogP contribution in [0.5, 0.6) is 0 Å². The van der Waals surface area contributed by atoms with Crippen molar-refractivity contribution >= 4 is 5.69 Å². The van der Waals surface area contributed by atoms with Crippen LogP contribution in [0.1, 0.15) is 31.7 Å². The van der Waals surface area contributed by atoms with E-state index < -0.39 is 0 Å². The minimum Gasteiger partial charge on any atom is -0.382 e. The molecule has 2 rings (SSSR count). The van der Waals surface area contributed by atoms with Crippen LogP contribution in [0.25, 0.3) is 0 Å². The van der Waals surface area contributed by atoms with Gasteiger partial charge in [0.1, 0.15) is 5.82 Å². The molecule has 1 aromatic rings. The van der Waals surface area contributed by atoms with Crippen LogP contribution < -0.4 is 5.32 Å². The van der Waals surface area contributed by atoms with Gasteiger partial charge in [-0.3, -0.25) is 0 Å². The molecule has 0 bridgehead atoms. The first-order chi connectivity index (χ1) is 9.69. The molecular formula is C16H22FN3. The van der Waals surface area contributed by atoms with Gasteiger partial charge >= 0.3 is 0 Å². The molecule has 1 aliphatic rings. The second kappa shape index (κ2) is 7.25. The van der Waals surface area contributed by atoms with E-state index >= 15 is 0 Å². The highest BCUT2D eigenvalue weighted by Crippen LogP contribution is 2.16. The van der Waals surface area contributed by atoms with E-state index in [1.165, 1.54) is 38.4 Å². The Labute approximate surface area is 120 Å². The molecule has 0 radical (unpaired) electrons. The van der Waals surface area contributed by atoms with Gasteiger partial charge in [-0.05, 0) is 50.0 Å². The summed E-state index contributed by atoms with van der Waals surface area (Å²) >= 11 is 0. The third-order valence-electron chi connectivity index (χ3n) is 3.76. The summed E-state index contributed by atoms with van der Waals surface area (Å²) in [5.41, 5.74) is 0.837. The summed E-state index contributed by atoms with van der Waals surface area (Å²) < 4.78 is 13.7. The van der Waals surface area contributed by atoms with Gasteiger partial charge in [0, 0.05) is 13.1 Å².